The summed E-state index contributed by atoms with van der Waals surface area (Å²) in [6.07, 6.45) is 0.137. The average Bonchev–Trinajstić information content (AvgIpc) is 3.36. The molecular weight excluding hydrogens is 441 g/mol. The fraction of sp³-hybridized carbons (Fsp3) is 0.227. The second-order valence-electron chi connectivity index (χ2n) is 7.14. The minimum Gasteiger partial charge on any atom is -0.494 e. The summed E-state index contributed by atoms with van der Waals surface area (Å²) in [6, 6.07) is 11.9. The second kappa shape index (κ2) is 9.03. The molecule has 0 radical (unpaired) electrons. The Balaban J connectivity index is 1.39. The highest BCUT2D eigenvalue weighted by Crippen LogP contribution is 2.29. The molecule has 9 heteroatoms. The second-order valence-corrected chi connectivity index (χ2v) is 8.41. The maximum atomic E-state index is 13.9. The van der Waals surface area contributed by atoms with Crippen molar-refractivity contribution in [2.45, 2.75) is 13.0 Å². The SMILES string of the molecule is COc1ccc(-c2csc(NC(=O)C3CC(=O)N(Cc4ccccc4Cl)C3)n2)cc1F. The zero-order valence-corrected chi connectivity index (χ0v) is 18.2. The summed E-state index contributed by atoms with van der Waals surface area (Å²) < 4.78 is 18.9. The van der Waals surface area contributed by atoms with Crippen LogP contribution in [0.4, 0.5) is 9.52 Å². The zero-order chi connectivity index (χ0) is 22.0. The Morgan fingerprint density at radius 3 is 2.90 bits per heavy atom. The fourth-order valence-corrected chi connectivity index (χ4v) is 4.35. The van der Waals surface area contributed by atoms with Crippen molar-refractivity contribution in [2.24, 2.45) is 5.92 Å². The summed E-state index contributed by atoms with van der Waals surface area (Å²) in [6.45, 7) is 0.685. The summed E-state index contributed by atoms with van der Waals surface area (Å²) in [7, 11) is 1.40. The maximum Gasteiger partial charge on any atom is 0.231 e. The maximum absolute atomic E-state index is 13.9. The van der Waals surface area contributed by atoms with E-state index in [1.54, 1.807) is 22.4 Å². The number of hydrogen-bond acceptors (Lipinski definition) is 5. The smallest absolute Gasteiger partial charge is 0.231 e. The molecule has 1 aliphatic heterocycles. The van der Waals surface area contributed by atoms with Crippen LogP contribution >= 0.6 is 22.9 Å². The monoisotopic (exact) mass is 459 g/mol. The summed E-state index contributed by atoms with van der Waals surface area (Å²) in [5.74, 6) is -1.16. The van der Waals surface area contributed by atoms with E-state index in [4.69, 9.17) is 16.3 Å². The molecule has 0 spiro atoms. The van der Waals surface area contributed by atoms with Crippen molar-refractivity contribution < 1.29 is 18.7 Å². The molecule has 2 amide bonds. The number of aromatic nitrogens is 1. The minimum atomic E-state index is -0.485. The summed E-state index contributed by atoms with van der Waals surface area (Å²) in [4.78, 5) is 31.1. The van der Waals surface area contributed by atoms with Gasteiger partial charge in [0.05, 0.1) is 18.7 Å². The van der Waals surface area contributed by atoms with Gasteiger partial charge in [-0.05, 0) is 29.8 Å². The van der Waals surface area contributed by atoms with Gasteiger partial charge in [-0.25, -0.2) is 9.37 Å². The number of likely N-dealkylation sites (tertiary alicyclic amines) is 1. The van der Waals surface area contributed by atoms with Crippen LogP contribution in [0.25, 0.3) is 11.3 Å². The van der Waals surface area contributed by atoms with Gasteiger partial charge in [0.1, 0.15) is 0 Å². The van der Waals surface area contributed by atoms with Gasteiger partial charge >= 0.3 is 0 Å². The van der Waals surface area contributed by atoms with E-state index in [0.717, 1.165) is 5.56 Å². The number of rotatable bonds is 6. The number of benzene rings is 2. The van der Waals surface area contributed by atoms with Crippen LogP contribution in [0.2, 0.25) is 5.02 Å². The van der Waals surface area contributed by atoms with Gasteiger partial charge in [-0.15, -0.1) is 11.3 Å². The van der Waals surface area contributed by atoms with Gasteiger partial charge in [-0.2, -0.15) is 0 Å². The van der Waals surface area contributed by atoms with Crippen molar-refractivity contribution in [1.29, 1.82) is 0 Å². The molecule has 1 aromatic heterocycles. The third-order valence-corrected chi connectivity index (χ3v) is 6.21. The van der Waals surface area contributed by atoms with Crippen LogP contribution < -0.4 is 10.1 Å². The average molecular weight is 460 g/mol. The Hall–Kier alpha value is -2.97. The number of ether oxygens (including phenoxy) is 1. The molecule has 6 nitrogen and oxygen atoms in total. The van der Waals surface area contributed by atoms with Gasteiger partial charge in [-0.1, -0.05) is 29.8 Å². The predicted octanol–water partition coefficient (Wildman–Crippen LogP) is 4.60. The number of amides is 2. The molecule has 1 unspecified atom stereocenters. The highest BCUT2D eigenvalue weighted by Gasteiger charge is 2.34. The molecule has 3 aromatic rings. The molecule has 160 valence electrons. The molecule has 0 bridgehead atoms. The van der Waals surface area contributed by atoms with Crippen molar-refractivity contribution in [3.8, 4) is 17.0 Å². The van der Waals surface area contributed by atoms with Gasteiger partial charge in [0.2, 0.25) is 11.8 Å². The van der Waals surface area contributed by atoms with E-state index in [1.165, 1.54) is 30.6 Å². The van der Waals surface area contributed by atoms with E-state index in [1.807, 2.05) is 18.2 Å². The lowest BCUT2D eigenvalue weighted by Gasteiger charge is -2.17. The molecule has 31 heavy (non-hydrogen) atoms. The minimum absolute atomic E-state index is 0.0893. The van der Waals surface area contributed by atoms with Gasteiger partial charge in [0, 0.05) is 35.5 Å². The first-order chi connectivity index (χ1) is 14.9. The first kappa shape index (κ1) is 21.3. The Morgan fingerprint density at radius 2 is 2.16 bits per heavy atom. The number of anilines is 1. The van der Waals surface area contributed by atoms with E-state index in [-0.39, 0.29) is 24.0 Å². The zero-order valence-electron chi connectivity index (χ0n) is 16.6. The summed E-state index contributed by atoms with van der Waals surface area (Å²) in [5, 5.41) is 5.50. The van der Waals surface area contributed by atoms with Crippen molar-refractivity contribution >= 4 is 39.9 Å². The molecule has 0 aliphatic carbocycles. The van der Waals surface area contributed by atoms with Crippen LogP contribution in [0.15, 0.2) is 47.8 Å². The molecule has 0 saturated carbocycles. The first-order valence-corrected chi connectivity index (χ1v) is 10.8. The molecule has 1 fully saturated rings. The Bertz CT molecular complexity index is 1140. The number of nitrogens with one attached hydrogen (secondary N) is 1. The van der Waals surface area contributed by atoms with Gasteiger partial charge in [0.15, 0.2) is 16.7 Å². The third kappa shape index (κ3) is 4.70. The standard InChI is InChI=1S/C22H19ClFN3O3S/c1-30-19-7-6-13(8-17(19)24)18-12-31-22(25-18)26-21(29)15-9-20(28)27(11-15)10-14-4-2-3-5-16(14)23/h2-8,12,15H,9-11H2,1H3,(H,25,26,29). The van der Waals surface area contributed by atoms with Crippen molar-refractivity contribution in [3.63, 3.8) is 0 Å². The molecule has 4 rings (SSSR count). The quantitative estimate of drug-likeness (QED) is 0.584. The van der Waals surface area contributed by atoms with Crippen LogP contribution in [0.3, 0.4) is 0 Å². The predicted molar refractivity (Wildman–Crippen MR) is 118 cm³/mol. The van der Waals surface area contributed by atoms with Gasteiger partial charge < -0.3 is 15.0 Å². The number of methoxy groups -OCH3 is 1. The van der Waals surface area contributed by atoms with Gasteiger partial charge in [0.25, 0.3) is 0 Å². The third-order valence-electron chi connectivity index (χ3n) is 5.09. The van der Waals surface area contributed by atoms with Gasteiger partial charge in [-0.3, -0.25) is 9.59 Å². The lowest BCUT2D eigenvalue weighted by Crippen LogP contribution is -2.28. The number of nitrogens with zero attached hydrogens (tertiary/aromatic N) is 2. The molecule has 1 saturated heterocycles. The Kier molecular flexibility index (Phi) is 6.20. The largest absolute Gasteiger partial charge is 0.494 e. The molecule has 1 atom stereocenters. The lowest BCUT2D eigenvalue weighted by molar-refractivity contribution is -0.128. The fourth-order valence-electron chi connectivity index (χ4n) is 3.43. The summed E-state index contributed by atoms with van der Waals surface area (Å²) >= 11 is 7.42. The number of halogens is 2. The lowest BCUT2D eigenvalue weighted by atomic mass is 10.1. The Morgan fingerprint density at radius 1 is 1.35 bits per heavy atom. The van der Waals surface area contributed by atoms with E-state index in [0.29, 0.717) is 34.5 Å². The highest BCUT2D eigenvalue weighted by atomic mass is 35.5. The number of carbonyl (C=O) groups is 2. The van der Waals surface area contributed by atoms with E-state index in [9.17, 15) is 14.0 Å². The molecule has 1 aliphatic rings. The highest BCUT2D eigenvalue weighted by molar-refractivity contribution is 7.14. The number of hydrogen-bond donors (Lipinski definition) is 1. The van der Waals surface area contributed by atoms with Crippen LogP contribution in [0.1, 0.15) is 12.0 Å². The van der Waals surface area contributed by atoms with Crippen molar-refractivity contribution in [1.82, 2.24) is 9.88 Å². The molecule has 2 heterocycles. The van der Waals surface area contributed by atoms with Crippen LogP contribution in [-0.4, -0.2) is 35.4 Å². The van der Waals surface area contributed by atoms with Crippen LogP contribution in [0, 0.1) is 11.7 Å². The summed E-state index contributed by atoms with van der Waals surface area (Å²) in [5.41, 5.74) is 1.97. The number of thiazole rings is 1. The molecular formula is C22H19ClFN3O3S. The molecule has 2 aromatic carbocycles. The normalized spacial score (nSPS) is 15.9. The number of carbonyl (C=O) groups excluding carboxylic acids is 2. The van der Waals surface area contributed by atoms with Crippen molar-refractivity contribution in [2.75, 3.05) is 19.0 Å². The van der Waals surface area contributed by atoms with Crippen molar-refractivity contribution in [3.05, 3.63) is 64.2 Å². The topological polar surface area (TPSA) is 71.5 Å². The van der Waals surface area contributed by atoms with Crippen LogP contribution in [0.5, 0.6) is 5.75 Å². The first-order valence-electron chi connectivity index (χ1n) is 9.56. The van der Waals surface area contributed by atoms with E-state index < -0.39 is 11.7 Å². The van der Waals surface area contributed by atoms with Crippen LogP contribution in [-0.2, 0) is 16.1 Å². The molecule has 1 N–H and O–H groups in total. The van der Waals surface area contributed by atoms with E-state index in [2.05, 4.69) is 10.3 Å². The Labute approximate surface area is 187 Å². The van der Waals surface area contributed by atoms with E-state index >= 15 is 0 Å².